The standard InChI is InChI=1S/C54H34N2OS/c1-2-13-35(14-3-1)36-25-29-38(30-26-36)55(49-21-12-24-52-53(49)44-18-7-11-23-51(44)58-52)39-31-27-37(28-32-39)45-33-40(34-46-43-17-6-10-22-50(43)57-54(45)46)56-47-19-8-4-15-41(47)42-16-5-9-20-48(42)56/h1-34H. The third-order valence-electron chi connectivity index (χ3n) is 11.6. The molecule has 0 atom stereocenters. The van der Waals surface area contributed by atoms with E-state index in [2.05, 4.69) is 210 Å². The molecule has 0 aliphatic rings. The summed E-state index contributed by atoms with van der Waals surface area (Å²) in [6, 6.07) is 74.4. The van der Waals surface area contributed by atoms with Gasteiger partial charge in [0.2, 0.25) is 0 Å². The molecule has 4 heteroatoms. The second-order valence-corrected chi connectivity index (χ2v) is 16.0. The minimum Gasteiger partial charge on any atom is -0.455 e. The monoisotopic (exact) mass is 758 g/mol. The number of hydrogen-bond acceptors (Lipinski definition) is 3. The minimum absolute atomic E-state index is 0.885. The molecule has 12 rings (SSSR count). The van der Waals surface area contributed by atoms with Gasteiger partial charge in [-0.2, -0.15) is 0 Å². The molecular weight excluding hydrogens is 725 g/mol. The van der Waals surface area contributed by atoms with E-state index < -0.39 is 0 Å². The van der Waals surface area contributed by atoms with E-state index in [1.807, 2.05) is 17.4 Å². The van der Waals surface area contributed by atoms with E-state index in [0.717, 1.165) is 55.8 Å². The first-order valence-corrected chi connectivity index (χ1v) is 20.5. The van der Waals surface area contributed by atoms with Crippen LogP contribution in [0.5, 0.6) is 0 Å². The molecular formula is C54H34N2OS. The van der Waals surface area contributed by atoms with E-state index in [9.17, 15) is 0 Å². The van der Waals surface area contributed by atoms with Crippen molar-refractivity contribution in [3.63, 3.8) is 0 Å². The minimum atomic E-state index is 0.885. The molecule has 3 aromatic heterocycles. The Bertz CT molecular complexity index is 3450. The number of furan rings is 1. The number of fused-ring (bicyclic) bond motifs is 9. The highest BCUT2D eigenvalue weighted by Gasteiger charge is 2.21. The highest BCUT2D eigenvalue weighted by atomic mass is 32.1. The largest absolute Gasteiger partial charge is 0.455 e. The van der Waals surface area contributed by atoms with Crippen LogP contribution in [0, 0.1) is 0 Å². The van der Waals surface area contributed by atoms with Gasteiger partial charge in [-0.05, 0) is 89.5 Å². The zero-order chi connectivity index (χ0) is 38.2. The maximum absolute atomic E-state index is 6.71. The smallest absolute Gasteiger partial charge is 0.143 e. The summed E-state index contributed by atoms with van der Waals surface area (Å²) < 4.78 is 11.7. The Morgan fingerprint density at radius 1 is 0.414 bits per heavy atom. The average molecular weight is 759 g/mol. The lowest BCUT2D eigenvalue weighted by Crippen LogP contribution is -2.10. The lowest BCUT2D eigenvalue weighted by molar-refractivity contribution is 0.670. The Kier molecular flexibility index (Phi) is 7.40. The summed E-state index contributed by atoms with van der Waals surface area (Å²) in [4.78, 5) is 2.41. The number of rotatable bonds is 6. The fourth-order valence-electron chi connectivity index (χ4n) is 8.95. The molecule has 0 saturated heterocycles. The molecule has 9 aromatic carbocycles. The van der Waals surface area contributed by atoms with Crippen LogP contribution in [0.2, 0.25) is 0 Å². The third-order valence-corrected chi connectivity index (χ3v) is 12.7. The summed E-state index contributed by atoms with van der Waals surface area (Å²) in [5.41, 5.74) is 13.1. The van der Waals surface area contributed by atoms with Crippen LogP contribution in [0.15, 0.2) is 211 Å². The van der Waals surface area contributed by atoms with E-state index in [-0.39, 0.29) is 0 Å². The molecule has 58 heavy (non-hydrogen) atoms. The molecule has 0 saturated carbocycles. The van der Waals surface area contributed by atoms with Crippen molar-refractivity contribution in [2.75, 3.05) is 4.90 Å². The highest BCUT2D eigenvalue weighted by Crippen LogP contribution is 2.46. The predicted octanol–water partition coefficient (Wildman–Crippen LogP) is 15.9. The molecule has 0 aliphatic heterocycles. The molecule has 0 amide bonds. The van der Waals surface area contributed by atoms with Crippen LogP contribution in [0.4, 0.5) is 17.1 Å². The van der Waals surface area contributed by atoms with E-state index in [1.165, 1.54) is 53.1 Å². The van der Waals surface area contributed by atoms with Crippen LogP contribution >= 0.6 is 11.3 Å². The average Bonchev–Trinajstić information content (AvgIpc) is 3.97. The first-order chi connectivity index (χ1) is 28.8. The number of para-hydroxylation sites is 3. The van der Waals surface area contributed by atoms with Gasteiger partial charge in [-0.1, -0.05) is 133 Å². The van der Waals surface area contributed by atoms with Crippen LogP contribution in [0.3, 0.4) is 0 Å². The first kappa shape index (κ1) is 32.8. The van der Waals surface area contributed by atoms with Crippen LogP contribution in [-0.2, 0) is 0 Å². The Hall–Kier alpha value is -7.40. The van der Waals surface area contributed by atoms with Gasteiger partial charge in [-0.15, -0.1) is 11.3 Å². The van der Waals surface area contributed by atoms with Crippen molar-refractivity contribution in [2.24, 2.45) is 0 Å². The second-order valence-electron chi connectivity index (χ2n) is 14.9. The molecule has 3 heterocycles. The second kappa shape index (κ2) is 13.1. The molecule has 0 fully saturated rings. The molecule has 3 nitrogen and oxygen atoms in total. The summed E-state index contributed by atoms with van der Waals surface area (Å²) in [5, 5.41) is 7.24. The number of benzene rings is 9. The Balaban J connectivity index is 1.05. The number of thiophene rings is 1. The number of anilines is 3. The SMILES string of the molecule is c1ccc(-c2ccc(N(c3ccc(-c4cc(-n5c6ccccc6c6ccccc65)cc5c4oc4ccccc45)cc3)c3cccc4sc5ccccc5c34)cc2)cc1. The van der Waals surface area contributed by atoms with Crippen molar-refractivity contribution in [2.45, 2.75) is 0 Å². The van der Waals surface area contributed by atoms with Gasteiger partial charge in [-0.3, -0.25) is 0 Å². The zero-order valence-electron chi connectivity index (χ0n) is 31.3. The number of aromatic nitrogens is 1. The van der Waals surface area contributed by atoms with Gasteiger partial charge < -0.3 is 13.9 Å². The molecule has 0 unspecified atom stereocenters. The van der Waals surface area contributed by atoms with Crippen molar-refractivity contribution < 1.29 is 4.42 Å². The maximum Gasteiger partial charge on any atom is 0.143 e. The van der Waals surface area contributed by atoms with Gasteiger partial charge in [0.1, 0.15) is 11.2 Å². The number of hydrogen-bond donors (Lipinski definition) is 0. The van der Waals surface area contributed by atoms with Crippen LogP contribution in [0.25, 0.3) is 91.9 Å². The van der Waals surface area contributed by atoms with Gasteiger partial charge in [0.15, 0.2) is 0 Å². The van der Waals surface area contributed by atoms with Crippen molar-refractivity contribution in [3.8, 4) is 27.9 Å². The van der Waals surface area contributed by atoms with E-state index in [0.29, 0.717) is 0 Å². The topological polar surface area (TPSA) is 21.3 Å². The molecule has 0 spiro atoms. The van der Waals surface area contributed by atoms with Crippen molar-refractivity contribution in [3.05, 3.63) is 206 Å². The molecule has 272 valence electrons. The van der Waals surface area contributed by atoms with Crippen LogP contribution in [0.1, 0.15) is 0 Å². The van der Waals surface area contributed by atoms with E-state index >= 15 is 0 Å². The Morgan fingerprint density at radius 2 is 0.983 bits per heavy atom. The van der Waals surface area contributed by atoms with Crippen molar-refractivity contribution in [1.82, 2.24) is 4.57 Å². The Labute approximate surface area is 338 Å². The Morgan fingerprint density at radius 3 is 1.71 bits per heavy atom. The maximum atomic E-state index is 6.71. The molecule has 0 bridgehead atoms. The third kappa shape index (κ3) is 5.12. The number of nitrogens with zero attached hydrogens (tertiary/aromatic N) is 2. The highest BCUT2D eigenvalue weighted by molar-refractivity contribution is 7.26. The normalized spacial score (nSPS) is 11.8. The fraction of sp³-hybridized carbons (Fsp3) is 0. The predicted molar refractivity (Wildman–Crippen MR) is 247 cm³/mol. The molecule has 0 radical (unpaired) electrons. The van der Waals surface area contributed by atoms with Gasteiger partial charge in [0.05, 0.1) is 16.7 Å². The quantitative estimate of drug-likeness (QED) is 0.168. The van der Waals surface area contributed by atoms with E-state index in [4.69, 9.17) is 4.42 Å². The van der Waals surface area contributed by atoms with Gasteiger partial charge in [0.25, 0.3) is 0 Å². The van der Waals surface area contributed by atoms with Crippen molar-refractivity contribution in [1.29, 1.82) is 0 Å². The zero-order valence-corrected chi connectivity index (χ0v) is 32.2. The fourth-order valence-corrected chi connectivity index (χ4v) is 10.1. The molecule has 0 aliphatic carbocycles. The molecule has 12 aromatic rings. The summed E-state index contributed by atoms with van der Waals surface area (Å²) in [6.45, 7) is 0. The van der Waals surface area contributed by atoms with Crippen molar-refractivity contribution >= 4 is 92.3 Å². The summed E-state index contributed by atoms with van der Waals surface area (Å²) in [6.07, 6.45) is 0. The lowest BCUT2D eigenvalue weighted by atomic mass is 10.00. The van der Waals surface area contributed by atoms with Gasteiger partial charge in [0, 0.05) is 64.3 Å². The molecule has 0 N–H and O–H groups in total. The summed E-state index contributed by atoms with van der Waals surface area (Å²) in [7, 11) is 0. The van der Waals surface area contributed by atoms with E-state index in [1.54, 1.807) is 0 Å². The summed E-state index contributed by atoms with van der Waals surface area (Å²) in [5.74, 6) is 0. The first-order valence-electron chi connectivity index (χ1n) is 19.7. The lowest BCUT2D eigenvalue weighted by Gasteiger charge is -2.27. The van der Waals surface area contributed by atoms with Gasteiger partial charge in [-0.25, -0.2) is 0 Å². The van der Waals surface area contributed by atoms with Crippen LogP contribution in [-0.4, -0.2) is 4.57 Å². The van der Waals surface area contributed by atoms with Crippen LogP contribution < -0.4 is 4.90 Å². The van der Waals surface area contributed by atoms with Gasteiger partial charge >= 0.3 is 0 Å². The summed E-state index contributed by atoms with van der Waals surface area (Å²) >= 11 is 1.85.